The number of rotatable bonds is 0. The van der Waals surface area contributed by atoms with Crippen LogP contribution in [0.25, 0.3) is 0 Å². The van der Waals surface area contributed by atoms with E-state index in [0.29, 0.717) is 0 Å². The minimum absolute atomic E-state index is 0.824. The maximum atomic E-state index is 5.65. The maximum Gasteiger partial charge on any atom is 0.0347 e. The van der Waals surface area contributed by atoms with Gasteiger partial charge < -0.3 is 5.73 Å². The van der Waals surface area contributed by atoms with Gasteiger partial charge in [-0.15, -0.1) is 0 Å². The summed E-state index contributed by atoms with van der Waals surface area (Å²) in [5.74, 6) is 0. The van der Waals surface area contributed by atoms with Crippen molar-refractivity contribution in [2.75, 3.05) is 5.73 Å². The van der Waals surface area contributed by atoms with Crippen molar-refractivity contribution in [3.8, 4) is 0 Å². The molecule has 0 saturated heterocycles. The largest absolute Gasteiger partial charge is 0.399 e. The Hall–Kier alpha value is -0.250. The summed E-state index contributed by atoms with van der Waals surface area (Å²) in [5.41, 5.74) is 8.60. The summed E-state index contributed by atoms with van der Waals surface area (Å²) < 4.78 is 1.17. The van der Waals surface area contributed by atoms with Crippen LogP contribution in [0.5, 0.6) is 0 Å². The summed E-state index contributed by atoms with van der Waals surface area (Å²) in [6.45, 7) is 5.88. The third kappa shape index (κ3) is 1.26. The van der Waals surface area contributed by atoms with E-state index in [0.717, 1.165) is 16.8 Å². The first-order valence-electron chi connectivity index (χ1n) is 2.99. The van der Waals surface area contributed by atoms with Gasteiger partial charge in [0.25, 0.3) is 0 Å². The predicted molar refractivity (Wildman–Crippen MR) is 52.8 cm³/mol. The summed E-state index contributed by atoms with van der Waals surface area (Å²) in [7, 11) is 0. The lowest BCUT2D eigenvalue weighted by Crippen LogP contribution is -1.93. The van der Waals surface area contributed by atoms with Gasteiger partial charge in [0.15, 0.2) is 0 Å². The Kier molecular flexibility index (Phi) is 2.18. The molecule has 1 aromatic carbocycles. The number of nitrogens with two attached hydrogens (primary N) is 1. The molecule has 1 nitrogen and oxygen atoms in total. The number of benzene rings is 1. The van der Waals surface area contributed by atoms with E-state index in [4.69, 9.17) is 5.73 Å². The highest BCUT2D eigenvalue weighted by molar-refractivity contribution is 14.1. The molecule has 1 rings (SSSR count). The molecule has 0 aliphatic rings. The summed E-state index contributed by atoms with van der Waals surface area (Å²) in [5, 5.41) is 0. The Morgan fingerprint density at radius 3 is 2.60 bits per heavy atom. The van der Waals surface area contributed by atoms with E-state index in [1.54, 1.807) is 0 Å². The second-order valence-corrected chi connectivity index (χ2v) is 3.40. The van der Waals surface area contributed by atoms with Crippen LogP contribution in [-0.2, 0) is 0 Å². The zero-order valence-electron chi connectivity index (χ0n) is 5.82. The Balaban J connectivity index is 3.34. The van der Waals surface area contributed by atoms with Crippen LogP contribution in [0.3, 0.4) is 0 Å². The van der Waals surface area contributed by atoms with E-state index in [1.807, 2.05) is 19.1 Å². The molecule has 0 heterocycles. The second kappa shape index (κ2) is 2.78. The van der Waals surface area contributed by atoms with Gasteiger partial charge in [0.05, 0.1) is 0 Å². The fraction of sp³-hybridized carbons (Fsp3) is 0.125. The Bertz CT molecular complexity index is 229. The quantitative estimate of drug-likeness (QED) is 0.552. The standard InChI is InChI=1S/C8H9IN/c1-5-6(2)8(10)4-3-7(5)9/h3-4H,1,10H2,2H3. The molecule has 0 aliphatic carbocycles. The SMILES string of the molecule is [CH2]c1c(I)ccc(N)c1C. The molecule has 2 N–H and O–H groups in total. The first-order chi connectivity index (χ1) is 4.63. The molecule has 0 spiro atoms. The molecule has 0 aromatic heterocycles. The Morgan fingerprint density at radius 1 is 1.50 bits per heavy atom. The van der Waals surface area contributed by atoms with E-state index in [2.05, 4.69) is 29.5 Å². The number of anilines is 1. The third-order valence-electron chi connectivity index (χ3n) is 1.58. The normalized spacial score (nSPS) is 9.90. The first kappa shape index (κ1) is 7.85. The summed E-state index contributed by atoms with van der Waals surface area (Å²) in [6.07, 6.45) is 0. The molecule has 10 heavy (non-hydrogen) atoms. The topological polar surface area (TPSA) is 26.0 Å². The van der Waals surface area contributed by atoms with E-state index in [9.17, 15) is 0 Å². The van der Waals surface area contributed by atoms with Crippen LogP contribution in [0.4, 0.5) is 5.69 Å². The molecule has 2 heteroatoms. The lowest BCUT2D eigenvalue weighted by atomic mass is 10.1. The number of halogens is 1. The van der Waals surface area contributed by atoms with Crippen molar-refractivity contribution in [1.29, 1.82) is 0 Å². The molecular weight excluding hydrogens is 237 g/mol. The third-order valence-corrected chi connectivity index (χ3v) is 2.59. The van der Waals surface area contributed by atoms with Crippen molar-refractivity contribution in [3.05, 3.63) is 33.8 Å². The summed E-state index contributed by atoms with van der Waals surface area (Å²) in [4.78, 5) is 0. The van der Waals surface area contributed by atoms with E-state index >= 15 is 0 Å². The molecular formula is C8H9IN. The summed E-state index contributed by atoms with van der Waals surface area (Å²) >= 11 is 2.25. The molecule has 0 atom stereocenters. The van der Waals surface area contributed by atoms with E-state index < -0.39 is 0 Å². The molecule has 0 bridgehead atoms. The average molecular weight is 246 g/mol. The van der Waals surface area contributed by atoms with Crippen LogP contribution in [0.1, 0.15) is 11.1 Å². The predicted octanol–water partition coefficient (Wildman–Crippen LogP) is 2.36. The molecule has 0 saturated carbocycles. The molecule has 1 aromatic rings. The van der Waals surface area contributed by atoms with Crippen molar-refractivity contribution in [2.45, 2.75) is 6.92 Å². The van der Waals surface area contributed by atoms with Crippen molar-refractivity contribution in [3.63, 3.8) is 0 Å². The van der Waals surface area contributed by atoms with Crippen LogP contribution in [0.15, 0.2) is 12.1 Å². The zero-order valence-corrected chi connectivity index (χ0v) is 7.97. The van der Waals surface area contributed by atoms with Gasteiger partial charge in [-0.05, 0) is 59.7 Å². The van der Waals surface area contributed by atoms with Crippen molar-refractivity contribution >= 4 is 28.3 Å². The molecule has 0 amide bonds. The average Bonchev–Trinajstić information content (AvgIpc) is 1.93. The lowest BCUT2D eigenvalue weighted by molar-refractivity contribution is 1.39. The molecule has 1 radical (unpaired) electrons. The number of nitrogen functional groups attached to an aromatic ring is 1. The highest BCUT2D eigenvalue weighted by Crippen LogP contribution is 2.20. The van der Waals surface area contributed by atoms with Gasteiger partial charge in [-0.25, -0.2) is 0 Å². The van der Waals surface area contributed by atoms with Crippen LogP contribution >= 0.6 is 22.6 Å². The highest BCUT2D eigenvalue weighted by atomic mass is 127. The van der Waals surface area contributed by atoms with Gasteiger partial charge in [0, 0.05) is 9.26 Å². The smallest absolute Gasteiger partial charge is 0.0347 e. The van der Waals surface area contributed by atoms with Gasteiger partial charge in [-0.3, -0.25) is 0 Å². The minimum Gasteiger partial charge on any atom is -0.399 e. The number of hydrogen-bond acceptors (Lipinski definition) is 1. The lowest BCUT2D eigenvalue weighted by Gasteiger charge is -2.04. The van der Waals surface area contributed by atoms with Crippen LogP contribution in [-0.4, -0.2) is 0 Å². The van der Waals surface area contributed by atoms with Crippen molar-refractivity contribution < 1.29 is 0 Å². The van der Waals surface area contributed by atoms with Gasteiger partial charge in [-0.1, -0.05) is 0 Å². The maximum absolute atomic E-state index is 5.65. The molecule has 0 fully saturated rings. The monoisotopic (exact) mass is 246 g/mol. The zero-order chi connectivity index (χ0) is 7.72. The fourth-order valence-corrected chi connectivity index (χ4v) is 1.33. The fourth-order valence-electron chi connectivity index (χ4n) is 0.742. The van der Waals surface area contributed by atoms with Crippen LogP contribution < -0.4 is 5.73 Å². The Morgan fingerprint density at radius 2 is 2.10 bits per heavy atom. The Labute approximate surface area is 74.8 Å². The highest BCUT2D eigenvalue weighted by Gasteiger charge is 1.99. The second-order valence-electron chi connectivity index (χ2n) is 2.24. The van der Waals surface area contributed by atoms with E-state index in [1.165, 1.54) is 3.57 Å². The van der Waals surface area contributed by atoms with Gasteiger partial charge >= 0.3 is 0 Å². The molecule has 0 unspecified atom stereocenters. The van der Waals surface area contributed by atoms with Gasteiger partial charge in [0.2, 0.25) is 0 Å². The van der Waals surface area contributed by atoms with Gasteiger partial charge in [-0.2, -0.15) is 0 Å². The van der Waals surface area contributed by atoms with Crippen molar-refractivity contribution in [2.24, 2.45) is 0 Å². The summed E-state index contributed by atoms with van der Waals surface area (Å²) in [6, 6.07) is 3.89. The molecule has 0 aliphatic heterocycles. The molecule has 53 valence electrons. The van der Waals surface area contributed by atoms with E-state index in [-0.39, 0.29) is 0 Å². The van der Waals surface area contributed by atoms with Gasteiger partial charge in [0.1, 0.15) is 0 Å². The van der Waals surface area contributed by atoms with Crippen molar-refractivity contribution in [1.82, 2.24) is 0 Å². The minimum atomic E-state index is 0.824. The number of hydrogen-bond donors (Lipinski definition) is 1. The van der Waals surface area contributed by atoms with Crippen LogP contribution in [0.2, 0.25) is 0 Å². The first-order valence-corrected chi connectivity index (χ1v) is 4.07. The van der Waals surface area contributed by atoms with Crippen LogP contribution in [0, 0.1) is 17.4 Å².